The third-order valence-corrected chi connectivity index (χ3v) is 3.89. The quantitative estimate of drug-likeness (QED) is 0.740. The van der Waals surface area contributed by atoms with Crippen molar-refractivity contribution in [2.75, 3.05) is 5.32 Å². The first-order valence-corrected chi connectivity index (χ1v) is 7.90. The lowest BCUT2D eigenvalue weighted by molar-refractivity contribution is -0.137. The first-order chi connectivity index (χ1) is 12.2. The summed E-state index contributed by atoms with van der Waals surface area (Å²) in [6.45, 7) is 1.77. The number of hydrazone groups is 1. The average Bonchev–Trinajstić information content (AvgIpc) is 2.87. The van der Waals surface area contributed by atoms with Gasteiger partial charge in [0.1, 0.15) is 17.6 Å². The molecule has 1 aliphatic heterocycles. The third-order valence-electron chi connectivity index (χ3n) is 3.66. The van der Waals surface area contributed by atoms with Crippen molar-refractivity contribution in [3.63, 3.8) is 0 Å². The number of nitrogens with zero attached hydrogens (tertiary/aromatic N) is 1. The minimum atomic E-state index is -4.43. The normalized spacial score (nSPS) is 17.6. The van der Waals surface area contributed by atoms with Crippen molar-refractivity contribution in [2.45, 2.75) is 19.2 Å². The molecule has 1 aliphatic rings. The lowest BCUT2D eigenvalue weighted by Crippen LogP contribution is -2.28. The Kier molecular flexibility index (Phi) is 4.78. The van der Waals surface area contributed by atoms with Gasteiger partial charge < -0.3 is 10.1 Å². The second-order valence-electron chi connectivity index (χ2n) is 5.54. The van der Waals surface area contributed by atoms with Gasteiger partial charge in [0.05, 0.1) is 5.56 Å². The Hall–Kier alpha value is -2.74. The standard InChI is InChI=1S/C17H13ClF3N3O2/c1-9-15(13-7-4-11(18)8-14(13)26-9)23-24-16(25)22-12-5-2-10(3-6-12)17(19,20)21/h2-9H,1H3,(H2,22,24,25). The Morgan fingerprint density at radius 3 is 2.54 bits per heavy atom. The molecule has 1 atom stereocenters. The maximum atomic E-state index is 12.5. The molecule has 0 bridgehead atoms. The number of benzene rings is 2. The minimum absolute atomic E-state index is 0.207. The largest absolute Gasteiger partial charge is 0.484 e. The zero-order valence-corrected chi connectivity index (χ0v) is 14.2. The Labute approximate surface area is 151 Å². The maximum Gasteiger partial charge on any atom is 0.416 e. The molecule has 2 aromatic rings. The molecule has 2 amide bonds. The zero-order chi connectivity index (χ0) is 18.9. The SMILES string of the molecule is CC1Oc2cc(Cl)ccc2C1=NNC(=O)Nc1ccc(C(F)(F)F)cc1. The molecule has 3 rings (SSSR count). The van der Waals surface area contributed by atoms with Gasteiger partial charge in [-0.1, -0.05) is 11.6 Å². The van der Waals surface area contributed by atoms with Crippen LogP contribution in [0.2, 0.25) is 5.02 Å². The molecule has 5 nitrogen and oxygen atoms in total. The van der Waals surface area contributed by atoms with Crippen molar-refractivity contribution in [3.05, 3.63) is 58.6 Å². The van der Waals surface area contributed by atoms with Gasteiger partial charge in [-0.05, 0) is 49.4 Å². The smallest absolute Gasteiger partial charge is 0.416 e. The molecule has 0 saturated carbocycles. The molecular weight excluding hydrogens is 371 g/mol. The summed E-state index contributed by atoms with van der Waals surface area (Å²) in [6.07, 6.45) is -4.81. The summed E-state index contributed by atoms with van der Waals surface area (Å²) in [4.78, 5) is 11.9. The van der Waals surface area contributed by atoms with Gasteiger partial charge in [0.25, 0.3) is 0 Å². The fourth-order valence-corrected chi connectivity index (χ4v) is 2.60. The number of alkyl halides is 3. The van der Waals surface area contributed by atoms with Crippen LogP contribution in [0.5, 0.6) is 5.75 Å². The highest BCUT2D eigenvalue weighted by atomic mass is 35.5. The van der Waals surface area contributed by atoms with Crippen molar-refractivity contribution in [3.8, 4) is 5.75 Å². The summed E-state index contributed by atoms with van der Waals surface area (Å²) >= 11 is 5.91. The third kappa shape index (κ3) is 3.91. The molecule has 0 fully saturated rings. The number of hydrogen-bond donors (Lipinski definition) is 2. The monoisotopic (exact) mass is 383 g/mol. The summed E-state index contributed by atoms with van der Waals surface area (Å²) in [5.41, 5.74) is 2.94. The van der Waals surface area contributed by atoms with Crippen molar-refractivity contribution >= 4 is 29.0 Å². The number of nitrogens with one attached hydrogen (secondary N) is 2. The first kappa shape index (κ1) is 18.1. The zero-order valence-electron chi connectivity index (χ0n) is 13.4. The summed E-state index contributed by atoms with van der Waals surface area (Å²) in [5, 5.41) is 6.96. The van der Waals surface area contributed by atoms with Crippen LogP contribution in [0.15, 0.2) is 47.6 Å². The van der Waals surface area contributed by atoms with E-state index in [2.05, 4.69) is 15.8 Å². The van der Waals surface area contributed by atoms with Gasteiger partial charge in [0, 0.05) is 16.3 Å². The summed E-state index contributed by atoms with van der Waals surface area (Å²) in [7, 11) is 0. The van der Waals surface area contributed by atoms with E-state index in [-0.39, 0.29) is 11.8 Å². The molecule has 26 heavy (non-hydrogen) atoms. The molecule has 2 N–H and O–H groups in total. The lowest BCUT2D eigenvalue weighted by Gasteiger charge is -2.09. The van der Waals surface area contributed by atoms with Gasteiger partial charge in [-0.15, -0.1) is 0 Å². The molecule has 2 aromatic carbocycles. The predicted molar refractivity (Wildman–Crippen MR) is 91.7 cm³/mol. The molecular formula is C17H13ClF3N3O2. The number of halogens is 4. The highest BCUT2D eigenvalue weighted by Crippen LogP contribution is 2.32. The number of rotatable bonds is 2. The second kappa shape index (κ2) is 6.87. The van der Waals surface area contributed by atoms with Crippen molar-refractivity contribution in [1.29, 1.82) is 0 Å². The van der Waals surface area contributed by atoms with E-state index < -0.39 is 17.8 Å². The molecule has 9 heteroatoms. The van der Waals surface area contributed by atoms with E-state index in [4.69, 9.17) is 16.3 Å². The Bertz CT molecular complexity index is 867. The van der Waals surface area contributed by atoms with E-state index in [0.29, 0.717) is 22.0 Å². The summed E-state index contributed by atoms with van der Waals surface area (Å²) in [6, 6.07) is 8.46. The van der Waals surface area contributed by atoms with Gasteiger partial charge in [-0.3, -0.25) is 0 Å². The number of carbonyl (C=O) groups excluding carboxylic acids is 1. The minimum Gasteiger partial charge on any atom is -0.484 e. The number of anilines is 1. The Morgan fingerprint density at radius 1 is 1.19 bits per heavy atom. The molecule has 0 radical (unpaired) electrons. The van der Waals surface area contributed by atoms with Gasteiger partial charge >= 0.3 is 12.2 Å². The highest BCUT2D eigenvalue weighted by Gasteiger charge is 2.30. The van der Waals surface area contributed by atoms with E-state index in [9.17, 15) is 18.0 Å². The summed E-state index contributed by atoms with van der Waals surface area (Å²) in [5.74, 6) is 0.564. The van der Waals surface area contributed by atoms with Crippen molar-refractivity contribution in [2.24, 2.45) is 5.10 Å². The van der Waals surface area contributed by atoms with Crippen molar-refractivity contribution < 1.29 is 22.7 Å². The molecule has 1 unspecified atom stereocenters. The van der Waals surface area contributed by atoms with Crippen LogP contribution in [-0.4, -0.2) is 17.8 Å². The Balaban J connectivity index is 1.67. The number of carbonyl (C=O) groups is 1. The van der Waals surface area contributed by atoms with E-state index in [0.717, 1.165) is 24.3 Å². The van der Waals surface area contributed by atoms with Crippen molar-refractivity contribution in [1.82, 2.24) is 5.43 Å². The number of urea groups is 1. The average molecular weight is 384 g/mol. The van der Waals surface area contributed by atoms with Crippen LogP contribution in [0.1, 0.15) is 18.1 Å². The lowest BCUT2D eigenvalue weighted by atomic mass is 10.1. The molecule has 0 aromatic heterocycles. The second-order valence-corrected chi connectivity index (χ2v) is 5.98. The van der Waals surface area contributed by atoms with Crippen LogP contribution in [0.4, 0.5) is 23.7 Å². The first-order valence-electron chi connectivity index (χ1n) is 7.52. The predicted octanol–water partition coefficient (Wildman–Crippen LogP) is 4.67. The summed E-state index contributed by atoms with van der Waals surface area (Å²) < 4.78 is 43.2. The van der Waals surface area contributed by atoms with E-state index in [1.807, 2.05) is 0 Å². The van der Waals surface area contributed by atoms with Crippen LogP contribution < -0.4 is 15.5 Å². The van der Waals surface area contributed by atoms with Gasteiger partial charge in [-0.25, -0.2) is 10.2 Å². The maximum absolute atomic E-state index is 12.5. The molecule has 136 valence electrons. The fourth-order valence-electron chi connectivity index (χ4n) is 2.43. The molecule has 1 heterocycles. The van der Waals surface area contributed by atoms with Crippen LogP contribution in [0.25, 0.3) is 0 Å². The van der Waals surface area contributed by atoms with Crippen LogP contribution in [-0.2, 0) is 6.18 Å². The van der Waals surface area contributed by atoms with Crippen LogP contribution in [0.3, 0.4) is 0 Å². The molecule has 0 aliphatic carbocycles. The van der Waals surface area contributed by atoms with Gasteiger partial charge in [-0.2, -0.15) is 18.3 Å². The number of ether oxygens (including phenoxy) is 1. The van der Waals surface area contributed by atoms with E-state index in [1.165, 1.54) is 0 Å². The number of amides is 2. The molecule has 0 saturated heterocycles. The molecule has 0 spiro atoms. The number of hydrogen-bond acceptors (Lipinski definition) is 3. The fraction of sp³-hybridized carbons (Fsp3) is 0.176. The van der Waals surface area contributed by atoms with Crippen LogP contribution >= 0.6 is 11.6 Å². The Morgan fingerprint density at radius 2 is 1.88 bits per heavy atom. The van der Waals surface area contributed by atoms with E-state index >= 15 is 0 Å². The van der Waals surface area contributed by atoms with Gasteiger partial charge in [0.2, 0.25) is 0 Å². The van der Waals surface area contributed by atoms with E-state index in [1.54, 1.807) is 25.1 Å². The highest BCUT2D eigenvalue weighted by molar-refractivity contribution is 6.31. The number of fused-ring (bicyclic) bond motifs is 1. The topological polar surface area (TPSA) is 62.7 Å². The van der Waals surface area contributed by atoms with Crippen LogP contribution in [0, 0.1) is 0 Å². The van der Waals surface area contributed by atoms with Gasteiger partial charge in [0.15, 0.2) is 0 Å².